The van der Waals surface area contributed by atoms with E-state index in [0.717, 1.165) is 56.5 Å². The maximum atomic E-state index is 6.34. The molecule has 0 spiro atoms. The van der Waals surface area contributed by atoms with E-state index in [9.17, 15) is 0 Å². The molecule has 0 saturated heterocycles. The van der Waals surface area contributed by atoms with Crippen LogP contribution in [0.3, 0.4) is 0 Å². The van der Waals surface area contributed by atoms with Crippen molar-refractivity contribution in [3.63, 3.8) is 0 Å². The third-order valence-electron chi connectivity index (χ3n) is 9.51. The van der Waals surface area contributed by atoms with E-state index < -0.39 is 0 Å². The Morgan fingerprint density at radius 3 is 2.04 bits per heavy atom. The number of fused-ring (bicyclic) bond motifs is 3. The predicted octanol–water partition coefficient (Wildman–Crippen LogP) is 11.8. The van der Waals surface area contributed by atoms with Gasteiger partial charge in [0.2, 0.25) is 5.71 Å². The molecule has 4 nitrogen and oxygen atoms in total. The number of pyridine rings is 3. The van der Waals surface area contributed by atoms with Crippen LogP contribution >= 0.6 is 0 Å². The molecule has 0 bridgehead atoms. The van der Waals surface area contributed by atoms with Crippen LogP contribution < -0.4 is 0 Å². The Morgan fingerprint density at radius 2 is 1.35 bits per heavy atom. The van der Waals surface area contributed by atoms with Crippen LogP contribution in [-0.4, -0.2) is 15.0 Å². The summed E-state index contributed by atoms with van der Waals surface area (Å²) in [5.74, 6) is 0. The Balaban J connectivity index is 0.000000244. The summed E-state index contributed by atoms with van der Waals surface area (Å²) < 4.78 is 6.34. The number of nitrogens with zero attached hydrogens (tertiary/aromatic N) is 3. The minimum Gasteiger partial charge on any atom is -0.486 e. The summed E-state index contributed by atoms with van der Waals surface area (Å²) in [5.41, 5.74) is 18.6. The maximum absolute atomic E-state index is 6.34. The summed E-state index contributed by atoms with van der Waals surface area (Å²) in [7, 11) is 0. The number of rotatable bonds is 5. The van der Waals surface area contributed by atoms with E-state index >= 15 is 0 Å². The smallest absolute Gasteiger partial charge is 0.216 e. The number of hydrogen-bond acceptors (Lipinski definition) is 4. The molecule has 8 rings (SSSR count). The summed E-state index contributed by atoms with van der Waals surface area (Å²) in [5, 5.41) is 2.04. The minimum atomic E-state index is 0. The maximum Gasteiger partial charge on any atom is 0.216 e. The molecule has 5 heteroatoms. The molecule has 8 aromatic rings. The molecular weight excluding hydrogens is 815 g/mol. The van der Waals surface area contributed by atoms with E-state index in [1.807, 2.05) is 36.7 Å². The molecule has 4 aromatic heterocycles. The van der Waals surface area contributed by atoms with Gasteiger partial charge in [0.15, 0.2) is 0 Å². The van der Waals surface area contributed by atoms with Gasteiger partial charge in [0, 0.05) is 55.6 Å². The fraction of sp³-hybridized carbons (Fsp3) is 0.170. The molecule has 4 aromatic carbocycles. The van der Waals surface area contributed by atoms with Crippen molar-refractivity contribution in [2.24, 2.45) is 0 Å². The molecular formula is C47H41IrN3O-2. The molecule has 0 aliphatic rings. The molecule has 1 radical (unpaired) electrons. The molecule has 0 atom stereocenters. The van der Waals surface area contributed by atoms with Crippen LogP contribution in [0.25, 0.3) is 55.7 Å². The topological polar surface area (TPSA) is 51.8 Å². The van der Waals surface area contributed by atoms with E-state index in [1.165, 1.54) is 50.1 Å². The molecule has 0 N–H and O–H groups in total. The summed E-state index contributed by atoms with van der Waals surface area (Å²) in [6, 6.07) is 40.0. The van der Waals surface area contributed by atoms with Crippen LogP contribution in [0.5, 0.6) is 0 Å². The molecule has 0 aliphatic carbocycles. The number of benzene rings is 4. The Hall–Kier alpha value is -5.22. The third-order valence-corrected chi connectivity index (χ3v) is 9.51. The van der Waals surface area contributed by atoms with Crippen molar-refractivity contribution >= 4 is 22.1 Å². The number of aromatic nitrogens is 3. The van der Waals surface area contributed by atoms with Crippen molar-refractivity contribution in [1.29, 1.82) is 0 Å². The first-order valence-corrected chi connectivity index (χ1v) is 17.4. The number of hydrogen-bond donors (Lipinski definition) is 0. The summed E-state index contributed by atoms with van der Waals surface area (Å²) >= 11 is 0. The van der Waals surface area contributed by atoms with Crippen LogP contribution in [0.4, 0.5) is 0 Å². The Bertz CT molecular complexity index is 2490. The van der Waals surface area contributed by atoms with E-state index in [4.69, 9.17) is 14.4 Å². The van der Waals surface area contributed by atoms with E-state index in [-0.39, 0.29) is 20.1 Å². The SMILES string of the molecule is Cc1c[c-]c(-c2cc(C)c(C)cn2)cc1.Cc1cc(C)c(-c2cnc(-c3[c-]ccc4c3oc3nc(Cc5ccccc5)ccc34)cc2C)c(C)c1.[Ir]. The zero-order valence-corrected chi connectivity index (χ0v) is 33.1. The van der Waals surface area contributed by atoms with E-state index in [2.05, 4.69) is 138 Å². The third kappa shape index (κ3) is 7.67. The molecule has 0 fully saturated rings. The van der Waals surface area contributed by atoms with Gasteiger partial charge >= 0.3 is 0 Å². The predicted molar refractivity (Wildman–Crippen MR) is 210 cm³/mol. The first-order chi connectivity index (χ1) is 24.6. The standard InChI is InChI=1S/C33H27N2O.C14H14N.Ir/c1-20-15-22(3)31(23(4)16-20)29-19-34-30(17-21(29)2)28-12-8-11-26-27-14-13-25(35-33(27)36-32(26)28)18-24-9-6-5-7-10-24;1-10-4-6-13(7-5-10)14-8-11(2)12(3)9-15-14;/h5-11,13-17,19H,18H2,1-4H3;4-6,8-9H,1-3H3;/q2*-1;. The minimum absolute atomic E-state index is 0. The Labute approximate surface area is 320 Å². The molecule has 52 heavy (non-hydrogen) atoms. The van der Waals surface area contributed by atoms with Gasteiger partial charge in [0.1, 0.15) is 0 Å². The quantitative estimate of drug-likeness (QED) is 0.162. The van der Waals surface area contributed by atoms with Crippen molar-refractivity contribution in [3.05, 3.63) is 172 Å². The van der Waals surface area contributed by atoms with Gasteiger partial charge in [-0.25, -0.2) is 4.98 Å². The zero-order valence-electron chi connectivity index (χ0n) is 30.7. The number of furan rings is 1. The van der Waals surface area contributed by atoms with Crippen molar-refractivity contribution in [3.8, 4) is 33.6 Å². The van der Waals surface area contributed by atoms with Gasteiger partial charge in [0.25, 0.3) is 0 Å². The van der Waals surface area contributed by atoms with E-state index in [1.54, 1.807) is 0 Å². The fourth-order valence-corrected chi connectivity index (χ4v) is 6.75. The van der Waals surface area contributed by atoms with Crippen LogP contribution in [0.1, 0.15) is 50.2 Å². The molecule has 0 aliphatic heterocycles. The first-order valence-electron chi connectivity index (χ1n) is 17.4. The van der Waals surface area contributed by atoms with Crippen LogP contribution in [-0.2, 0) is 26.5 Å². The summed E-state index contributed by atoms with van der Waals surface area (Å²) in [6.07, 6.45) is 4.67. The molecule has 0 amide bonds. The van der Waals surface area contributed by atoms with Gasteiger partial charge in [0.05, 0.1) is 5.58 Å². The molecule has 0 unspecified atom stereocenters. The first kappa shape index (κ1) is 36.6. The number of aryl methyl sites for hydroxylation is 7. The van der Waals surface area contributed by atoms with Gasteiger partial charge in [-0.1, -0.05) is 83.6 Å². The van der Waals surface area contributed by atoms with Gasteiger partial charge < -0.3 is 14.4 Å². The fourth-order valence-electron chi connectivity index (χ4n) is 6.75. The van der Waals surface area contributed by atoms with Crippen LogP contribution in [0, 0.1) is 60.6 Å². The second-order valence-electron chi connectivity index (χ2n) is 13.6. The van der Waals surface area contributed by atoms with Crippen LogP contribution in [0.15, 0.2) is 114 Å². The Morgan fingerprint density at radius 1 is 0.615 bits per heavy atom. The monoisotopic (exact) mass is 856 g/mol. The molecule has 0 saturated carbocycles. The van der Waals surface area contributed by atoms with Crippen LogP contribution in [0.2, 0.25) is 0 Å². The van der Waals surface area contributed by atoms with Gasteiger partial charge in [-0.05, 0) is 98.4 Å². The normalized spacial score (nSPS) is 10.9. The Kier molecular flexibility index (Phi) is 10.9. The van der Waals surface area contributed by atoms with Gasteiger partial charge in [-0.3, -0.25) is 0 Å². The van der Waals surface area contributed by atoms with Gasteiger partial charge in [-0.2, -0.15) is 0 Å². The molecule has 4 heterocycles. The van der Waals surface area contributed by atoms with Gasteiger partial charge in [-0.15, -0.1) is 53.6 Å². The van der Waals surface area contributed by atoms with E-state index in [0.29, 0.717) is 5.71 Å². The van der Waals surface area contributed by atoms with Crippen molar-refractivity contribution in [2.45, 2.75) is 54.9 Å². The average Bonchev–Trinajstić information content (AvgIpc) is 3.49. The van der Waals surface area contributed by atoms with Crippen molar-refractivity contribution in [1.82, 2.24) is 15.0 Å². The van der Waals surface area contributed by atoms with Crippen molar-refractivity contribution < 1.29 is 24.5 Å². The zero-order chi connectivity index (χ0) is 35.6. The largest absolute Gasteiger partial charge is 0.486 e. The second kappa shape index (κ2) is 15.6. The second-order valence-corrected chi connectivity index (χ2v) is 13.6. The average molecular weight is 856 g/mol. The summed E-state index contributed by atoms with van der Waals surface area (Å²) in [6.45, 7) is 14.9. The summed E-state index contributed by atoms with van der Waals surface area (Å²) in [4.78, 5) is 14.1. The molecule has 261 valence electrons. The van der Waals surface area contributed by atoms with Crippen molar-refractivity contribution in [2.75, 3.05) is 0 Å².